The van der Waals surface area contributed by atoms with Gasteiger partial charge >= 0.3 is 6.03 Å². The van der Waals surface area contributed by atoms with Crippen molar-refractivity contribution in [2.75, 3.05) is 5.32 Å². The molecule has 1 atom stereocenters. The van der Waals surface area contributed by atoms with Gasteiger partial charge in [-0.05, 0) is 30.7 Å². The molecule has 0 fully saturated rings. The van der Waals surface area contributed by atoms with Gasteiger partial charge in [0.2, 0.25) is 0 Å². The minimum absolute atomic E-state index is 0.171. The largest absolute Gasteiger partial charge is 0.331 e. The topological polar surface area (TPSA) is 54.0 Å². The molecule has 1 unspecified atom stereocenters. The smallest absolute Gasteiger partial charge is 0.319 e. The molecule has 4 nitrogen and oxygen atoms in total. The molecule has 0 bridgehead atoms. The Balaban J connectivity index is 1.98. The molecule has 1 aromatic heterocycles. The Bertz CT molecular complexity index is 560. The molecular weight excluding hydrogens is 262 g/mol. The van der Waals surface area contributed by atoms with E-state index in [1.54, 1.807) is 30.6 Å². The summed E-state index contributed by atoms with van der Waals surface area (Å²) in [5.74, 6) is 0. The van der Waals surface area contributed by atoms with Gasteiger partial charge in [0.25, 0.3) is 0 Å². The fourth-order valence-corrected chi connectivity index (χ4v) is 2.00. The van der Waals surface area contributed by atoms with Crippen LogP contribution in [0.3, 0.4) is 0 Å². The predicted octanol–water partition coefficient (Wildman–Crippen LogP) is 3.62. The second kappa shape index (κ2) is 6.20. The van der Waals surface area contributed by atoms with Gasteiger partial charge in [-0.25, -0.2) is 4.79 Å². The lowest BCUT2D eigenvalue weighted by atomic mass is 10.1. The first kappa shape index (κ1) is 13.4. The molecule has 0 aliphatic heterocycles. The summed E-state index contributed by atoms with van der Waals surface area (Å²) in [5, 5.41) is 6.20. The Morgan fingerprint density at radius 3 is 2.58 bits per heavy atom. The molecule has 5 heteroatoms. The molecule has 0 saturated carbocycles. The molecule has 0 aliphatic rings. The quantitative estimate of drug-likeness (QED) is 0.899. The molecule has 0 aliphatic carbocycles. The van der Waals surface area contributed by atoms with Crippen molar-refractivity contribution in [3.63, 3.8) is 0 Å². The molecule has 1 heterocycles. The Kier molecular flexibility index (Phi) is 4.36. The van der Waals surface area contributed by atoms with Gasteiger partial charge in [-0.2, -0.15) is 0 Å². The number of anilines is 1. The summed E-state index contributed by atoms with van der Waals surface area (Å²) in [7, 11) is 0. The van der Waals surface area contributed by atoms with E-state index in [0.717, 1.165) is 5.56 Å². The van der Waals surface area contributed by atoms with E-state index in [1.165, 1.54) is 0 Å². The number of carbonyl (C=O) groups excluding carboxylic acids is 1. The van der Waals surface area contributed by atoms with E-state index in [1.807, 2.05) is 25.1 Å². The van der Waals surface area contributed by atoms with Crippen molar-refractivity contribution in [1.29, 1.82) is 0 Å². The lowest BCUT2D eigenvalue weighted by Crippen LogP contribution is -2.31. The normalized spacial score (nSPS) is 11.7. The monoisotopic (exact) mass is 275 g/mol. The Morgan fingerprint density at radius 1 is 1.21 bits per heavy atom. The maximum Gasteiger partial charge on any atom is 0.319 e. The van der Waals surface area contributed by atoms with Crippen molar-refractivity contribution in [3.05, 3.63) is 59.4 Å². The first-order valence-corrected chi connectivity index (χ1v) is 6.26. The summed E-state index contributed by atoms with van der Waals surface area (Å²) in [6.07, 6.45) is 3.24. The van der Waals surface area contributed by atoms with Gasteiger partial charge in [-0.15, -0.1) is 0 Å². The number of rotatable bonds is 3. The Hall–Kier alpha value is -2.07. The van der Waals surface area contributed by atoms with Crippen molar-refractivity contribution < 1.29 is 4.79 Å². The highest BCUT2D eigenvalue weighted by atomic mass is 35.5. The van der Waals surface area contributed by atoms with E-state index in [2.05, 4.69) is 15.6 Å². The molecule has 0 saturated heterocycles. The fraction of sp³-hybridized carbons (Fsp3) is 0.143. The molecule has 1 aromatic carbocycles. The van der Waals surface area contributed by atoms with Crippen LogP contribution in [-0.2, 0) is 0 Å². The number of aromatic nitrogens is 1. The van der Waals surface area contributed by atoms with Crippen molar-refractivity contribution in [3.8, 4) is 0 Å². The Labute approximate surface area is 116 Å². The van der Waals surface area contributed by atoms with Crippen LogP contribution in [0.1, 0.15) is 18.5 Å². The molecule has 2 rings (SSSR count). The van der Waals surface area contributed by atoms with E-state index < -0.39 is 0 Å². The predicted molar refractivity (Wildman–Crippen MR) is 76.3 cm³/mol. The van der Waals surface area contributed by atoms with E-state index in [9.17, 15) is 4.79 Å². The van der Waals surface area contributed by atoms with Gasteiger partial charge in [0.15, 0.2) is 0 Å². The van der Waals surface area contributed by atoms with E-state index in [0.29, 0.717) is 10.7 Å². The number of nitrogens with zero attached hydrogens (tertiary/aromatic N) is 1. The lowest BCUT2D eigenvalue weighted by Gasteiger charge is -2.16. The molecule has 2 N–H and O–H groups in total. The van der Waals surface area contributed by atoms with Crippen LogP contribution in [0.5, 0.6) is 0 Å². The number of amides is 2. The number of urea groups is 1. The fourth-order valence-electron chi connectivity index (χ4n) is 1.70. The zero-order valence-corrected chi connectivity index (χ0v) is 11.2. The van der Waals surface area contributed by atoms with Gasteiger partial charge in [-0.3, -0.25) is 4.98 Å². The summed E-state index contributed by atoms with van der Waals surface area (Å²) in [6, 6.07) is 10.4. The van der Waals surface area contributed by atoms with Crippen LogP contribution in [0, 0.1) is 0 Å². The van der Waals surface area contributed by atoms with Crippen LogP contribution < -0.4 is 10.6 Å². The van der Waals surface area contributed by atoms with Gasteiger partial charge < -0.3 is 10.6 Å². The van der Waals surface area contributed by atoms with Crippen molar-refractivity contribution in [2.24, 2.45) is 0 Å². The molecular formula is C14H14ClN3O. The standard InChI is InChI=1S/C14H14ClN3O/c1-10(12-4-2-3-5-13(12)15)17-14(19)18-11-6-8-16-9-7-11/h2-10H,1H3,(H2,16,17,18,19). The van der Waals surface area contributed by atoms with Crippen molar-refractivity contribution >= 4 is 23.3 Å². The molecule has 0 spiro atoms. The third-order valence-corrected chi connectivity index (χ3v) is 3.00. The zero-order chi connectivity index (χ0) is 13.7. The molecule has 2 aromatic rings. The van der Waals surface area contributed by atoms with Crippen molar-refractivity contribution in [1.82, 2.24) is 10.3 Å². The highest BCUT2D eigenvalue weighted by Crippen LogP contribution is 2.22. The van der Waals surface area contributed by atoms with Gasteiger partial charge in [0.1, 0.15) is 0 Å². The number of hydrogen-bond donors (Lipinski definition) is 2. The minimum atomic E-state index is -0.279. The van der Waals surface area contributed by atoms with Crippen LogP contribution in [0.25, 0.3) is 0 Å². The first-order valence-electron chi connectivity index (χ1n) is 5.89. The van der Waals surface area contributed by atoms with Gasteiger partial charge in [-0.1, -0.05) is 29.8 Å². The summed E-state index contributed by atoms with van der Waals surface area (Å²) < 4.78 is 0. The Morgan fingerprint density at radius 2 is 1.89 bits per heavy atom. The summed E-state index contributed by atoms with van der Waals surface area (Å²) >= 11 is 6.08. The highest BCUT2D eigenvalue weighted by molar-refractivity contribution is 6.31. The number of hydrogen-bond acceptors (Lipinski definition) is 2. The van der Waals surface area contributed by atoms with Crippen LogP contribution >= 0.6 is 11.6 Å². The number of carbonyl (C=O) groups is 1. The second-order valence-electron chi connectivity index (χ2n) is 4.08. The van der Waals surface area contributed by atoms with Gasteiger partial charge in [0, 0.05) is 23.1 Å². The highest BCUT2D eigenvalue weighted by Gasteiger charge is 2.11. The maximum atomic E-state index is 11.8. The SMILES string of the molecule is CC(NC(=O)Nc1ccncc1)c1ccccc1Cl. The van der Waals surface area contributed by atoms with Crippen LogP contribution in [0.4, 0.5) is 10.5 Å². The van der Waals surface area contributed by atoms with Crippen LogP contribution in [0.15, 0.2) is 48.8 Å². The molecule has 0 radical (unpaired) electrons. The maximum absolute atomic E-state index is 11.8. The summed E-state index contributed by atoms with van der Waals surface area (Å²) in [5.41, 5.74) is 1.58. The number of pyridine rings is 1. The number of nitrogens with one attached hydrogen (secondary N) is 2. The molecule has 19 heavy (non-hydrogen) atoms. The van der Waals surface area contributed by atoms with E-state index in [4.69, 9.17) is 11.6 Å². The second-order valence-corrected chi connectivity index (χ2v) is 4.48. The van der Waals surface area contributed by atoms with Crippen LogP contribution in [-0.4, -0.2) is 11.0 Å². The third-order valence-electron chi connectivity index (χ3n) is 2.66. The summed E-state index contributed by atoms with van der Waals surface area (Å²) in [4.78, 5) is 15.7. The molecule has 98 valence electrons. The first-order chi connectivity index (χ1) is 9.16. The zero-order valence-electron chi connectivity index (χ0n) is 10.4. The third kappa shape index (κ3) is 3.69. The van der Waals surface area contributed by atoms with E-state index >= 15 is 0 Å². The number of benzene rings is 1. The van der Waals surface area contributed by atoms with Gasteiger partial charge in [0.05, 0.1) is 6.04 Å². The average Bonchev–Trinajstić information content (AvgIpc) is 2.40. The lowest BCUT2D eigenvalue weighted by molar-refractivity contribution is 0.249. The average molecular weight is 276 g/mol. The number of halogens is 1. The van der Waals surface area contributed by atoms with Crippen LogP contribution in [0.2, 0.25) is 5.02 Å². The summed E-state index contributed by atoms with van der Waals surface area (Å²) in [6.45, 7) is 1.88. The van der Waals surface area contributed by atoms with Crippen molar-refractivity contribution in [2.45, 2.75) is 13.0 Å². The van der Waals surface area contributed by atoms with E-state index in [-0.39, 0.29) is 12.1 Å². The molecule has 2 amide bonds. The minimum Gasteiger partial charge on any atom is -0.331 e.